The first-order chi connectivity index (χ1) is 9.65. The fourth-order valence-electron chi connectivity index (χ4n) is 3.64. The minimum Gasteiger partial charge on any atom is -0.337 e. The molecular formula is C17H24N2O. The minimum absolute atomic E-state index is 0.117. The van der Waals surface area contributed by atoms with Gasteiger partial charge in [-0.2, -0.15) is 0 Å². The SMILES string of the molecule is CC(C)N1CC[C@H]2C[C@@H]1C(=O)N(Cc1ccccc1)C2. The number of benzene rings is 1. The summed E-state index contributed by atoms with van der Waals surface area (Å²) in [6, 6.07) is 10.9. The van der Waals surface area contributed by atoms with Crippen LogP contribution in [0.2, 0.25) is 0 Å². The van der Waals surface area contributed by atoms with Crippen LogP contribution in [0.25, 0.3) is 0 Å². The van der Waals surface area contributed by atoms with Crippen LogP contribution in [-0.4, -0.2) is 40.9 Å². The van der Waals surface area contributed by atoms with Crippen LogP contribution in [-0.2, 0) is 11.3 Å². The Morgan fingerprint density at radius 2 is 2.00 bits per heavy atom. The van der Waals surface area contributed by atoms with E-state index in [2.05, 4.69) is 35.8 Å². The van der Waals surface area contributed by atoms with Crippen molar-refractivity contribution in [1.82, 2.24) is 9.80 Å². The van der Waals surface area contributed by atoms with Crippen LogP contribution in [0.15, 0.2) is 30.3 Å². The van der Waals surface area contributed by atoms with Gasteiger partial charge in [-0.3, -0.25) is 9.69 Å². The quantitative estimate of drug-likeness (QED) is 0.844. The topological polar surface area (TPSA) is 23.6 Å². The van der Waals surface area contributed by atoms with Crippen molar-refractivity contribution in [2.24, 2.45) is 5.92 Å². The largest absolute Gasteiger partial charge is 0.337 e. The molecule has 1 aromatic carbocycles. The highest BCUT2D eigenvalue weighted by atomic mass is 16.2. The second kappa shape index (κ2) is 5.57. The maximum atomic E-state index is 12.7. The molecule has 0 spiro atoms. The van der Waals surface area contributed by atoms with Gasteiger partial charge in [-0.1, -0.05) is 30.3 Å². The second-order valence-corrected chi connectivity index (χ2v) is 6.44. The van der Waals surface area contributed by atoms with E-state index in [1.807, 2.05) is 18.2 Å². The number of hydrogen-bond donors (Lipinski definition) is 0. The maximum absolute atomic E-state index is 12.7. The zero-order valence-corrected chi connectivity index (χ0v) is 12.5. The summed E-state index contributed by atoms with van der Waals surface area (Å²) in [6.45, 7) is 7.18. The molecule has 3 rings (SSSR count). The maximum Gasteiger partial charge on any atom is 0.240 e. The summed E-state index contributed by atoms with van der Waals surface area (Å²) in [5.74, 6) is 1.02. The van der Waals surface area contributed by atoms with Crippen molar-refractivity contribution in [3.63, 3.8) is 0 Å². The molecule has 2 bridgehead atoms. The summed E-state index contributed by atoms with van der Waals surface area (Å²) < 4.78 is 0. The molecule has 20 heavy (non-hydrogen) atoms. The lowest BCUT2D eigenvalue weighted by molar-refractivity contribution is -0.147. The number of hydrogen-bond acceptors (Lipinski definition) is 2. The molecule has 0 saturated carbocycles. The molecule has 0 unspecified atom stereocenters. The molecule has 108 valence electrons. The lowest BCUT2D eigenvalue weighted by Crippen LogP contribution is -2.60. The van der Waals surface area contributed by atoms with Crippen LogP contribution >= 0.6 is 0 Å². The van der Waals surface area contributed by atoms with E-state index < -0.39 is 0 Å². The van der Waals surface area contributed by atoms with Crippen LogP contribution in [0, 0.1) is 5.92 Å². The Morgan fingerprint density at radius 3 is 2.70 bits per heavy atom. The molecule has 2 fully saturated rings. The van der Waals surface area contributed by atoms with Gasteiger partial charge in [-0.15, -0.1) is 0 Å². The van der Waals surface area contributed by atoms with Gasteiger partial charge < -0.3 is 4.90 Å². The molecular weight excluding hydrogens is 248 g/mol. The lowest BCUT2D eigenvalue weighted by atomic mass is 9.85. The van der Waals surface area contributed by atoms with Crippen molar-refractivity contribution in [1.29, 1.82) is 0 Å². The van der Waals surface area contributed by atoms with E-state index in [0.29, 0.717) is 17.9 Å². The number of amides is 1. The fourth-order valence-corrected chi connectivity index (χ4v) is 3.64. The lowest BCUT2D eigenvalue weighted by Gasteiger charge is -2.48. The molecule has 2 atom stereocenters. The predicted octanol–water partition coefficient (Wildman–Crippen LogP) is 2.52. The summed E-state index contributed by atoms with van der Waals surface area (Å²) in [5, 5.41) is 0. The van der Waals surface area contributed by atoms with Crippen LogP contribution in [0.4, 0.5) is 0 Å². The number of piperidine rings is 2. The first-order valence-electron chi connectivity index (χ1n) is 7.73. The first kappa shape index (κ1) is 13.6. The molecule has 0 radical (unpaired) electrons. The standard InChI is InChI=1S/C17H24N2O/c1-13(2)19-9-8-15-10-16(19)17(20)18(12-15)11-14-6-4-3-5-7-14/h3-7,13,15-16H,8-12H2,1-2H3/t15-,16+/m0/s1. The number of nitrogens with zero attached hydrogens (tertiary/aromatic N) is 2. The number of carbonyl (C=O) groups is 1. The van der Waals surface area contributed by atoms with Crippen LogP contribution in [0.5, 0.6) is 0 Å². The average Bonchev–Trinajstić information content (AvgIpc) is 2.45. The smallest absolute Gasteiger partial charge is 0.240 e. The third kappa shape index (κ3) is 2.59. The Hall–Kier alpha value is -1.35. The van der Waals surface area contributed by atoms with Crippen molar-refractivity contribution in [3.8, 4) is 0 Å². The van der Waals surface area contributed by atoms with Gasteiger partial charge in [0.15, 0.2) is 0 Å². The highest BCUT2D eigenvalue weighted by molar-refractivity contribution is 5.83. The van der Waals surface area contributed by atoms with Crippen molar-refractivity contribution in [2.45, 2.75) is 45.3 Å². The zero-order valence-electron chi connectivity index (χ0n) is 12.5. The molecule has 2 aliphatic heterocycles. The molecule has 0 N–H and O–H groups in total. The molecule has 3 heteroatoms. The van der Waals surface area contributed by atoms with Crippen LogP contribution in [0.3, 0.4) is 0 Å². The second-order valence-electron chi connectivity index (χ2n) is 6.44. The zero-order chi connectivity index (χ0) is 14.1. The summed E-state index contributed by atoms with van der Waals surface area (Å²) in [5.41, 5.74) is 1.23. The van der Waals surface area contributed by atoms with E-state index in [9.17, 15) is 4.79 Å². The van der Waals surface area contributed by atoms with E-state index >= 15 is 0 Å². The summed E-state index contributed by atoms with van der Waals surface area (Å²) in [4.78, 5) is 17.2. The summed E-state index contributed by atoms with van der Waals surface area (Å²) in [7, 11) is 0. The third-order valence-electron chi connectivity index (χ3n) is 4.71. The van der Waals surface area contributed by atoms with Gasteiger partial charge in [0.25, 0.3) is 0 Å². The Morgan fingerprint density at radius 1 is 1.25 bits per heavy atom. The Balaban J connectivity index is 1.75. The fraction of sp³-hybridized carbons (Fsp3) is 0.588. The van der Waals surface area contributed by atoms with Crippen molar-refractivity contribution < 1.29 is 4.79 Å². The summed E-state index contributed by atoms with van der Waals surface area (Å²) >= 11 is 0. The minimum atomic E-state index is 0.117. The molecule has 2 aliphatic rings. The molecule has 3 nitrogen and oxygen atoms in total. The normalized spacial score (nSPS) is 27.1. The monoisotopic (exact) mass is 272 g/mol. The van der Waals surface area contributed by atoms with Crippen molar-refractivity contribution >= 4 is 5.91 Å². The summed E-state index contributed by atoms with van der Waals surface area (Å²) in [6.07, 6.45) is 2.29. The van der Waals surface area contributed by atoms with Gasteiger partial charge >= 0.3 is 0 Å². The molecule has 2 heterocycles. The van der Waals surface area contributed by atoms with E-state index in [1.54, 1.807) is 0 Å². The predicted molar refractivity (Wildman–Crippen MR) is 80.2 cm³/mol. The number of fused-ring (bicyclic) bond motifs is 2. The number of likely N-dealkylation sites (tertiary alicyclic amines) is 2. The van der Waals surface area contributed by atoms with Gasteiger partial charge in [0.2, 0.25) is 5.91 Å². The van der Waals surface area contributed by atoms with Crippen molar-refractivity contribution in [3.05, 3.63) is 35.9 Å². The van der Waals surface area contributed by atoms with Crippen LogP contribution in [0.1, 0.15) is 32.3 Å². The van der Waals surface area contributed by atoms with Crippen molar-refractivity contribution in [2.75, 3.05) is 13.1 Å². The third-order valence-corrected chi connectivity index (χ3v) is 4.71. The number of carbonyl (C=O) groups excluding carboxylic acids is 1. The molecule has 1 aromatic rings. The van der Waals surface area contributed by atoms with Crippen LogP contribution < -0.4 is 0 Å². The van der Waals surface area contributed by atoms with Gasteiger partial charge in [0, 0.05) is 19.1 Å². The molecule has 1 amide bonds. The molecule has 0 aliphatic carbocycles. The first-order valence-corrected chi connectivity index (χ1v) is 7.73. The van der Waals surface area contributed by atoms with Gasteiger partial charge in [0.1, 0.15) is 0 Å². The molecule has 2 saturated heterocycles. The van der Waals surface area contributed by atoms with Gasteiger partial charge in [-0.05, 0) is 44.7 Å². The average molecular weight is 272 g/mol. The van der Waals surface area contributed by atoms with E-state index in [1.165, 1.54) is 12.0 Å². The molecule has 0 aromatic heterocycles. The highest BCUT2D eigenvalue weighted by Gasteiger charge is 2.41. The Bertz CT molecular complexity index is 471. The highest BCUT2D eigenvalue weighted by Crippen LogP contribution is 2.31. The Kier molecular flexibility index (Phi) is 3.79. The van der Waals surface area contributed by atoms with Gasteiger partial charge in [-0.25, -0.2) is 0 Å². The van der Waals surface area contributed by atoms with E-state index in [4.69, 9.17) is 0 Å². The van der Waals surface area contributed by atoms with E-state index in [-0.39, 0.29) is 6.04 Å². The number of rotatable bonds is 3. The van der Waals surface area contributed by atoms with Gasteiger partial charge in [0.05, 0.1) is 6.04 Å². The Labute approximate surface area is 121 Å². The van der Waals surface area contributed by atoms with E-state index in [0.717, 1.165) is 26.1 Å².